The Hall–Kier alpha value is 0.690. The highest BCUT2D eigenvalue weighted by Crippen LogP contribution is 2.10. The summed E-state index contributed by atoms with van der Waals surface area (Å²) in [5, 5.41) is 9.16. The van der Waals surface area contributed by atoms with Gasteiger partial charge in [0.25, 0.3) is 0 Å². The molecule has 0 spiro atoms. The first kappa shape index (κ1) is 9.69. The number of hydrogen-bond donors (Lipinski definition) is 1. The standard InChI is InChI=1S/C7H15IO/c1-3-7(9)4-6(2)5-8/h6-7,9H,3-5H2,1-2H3. The summed E-state index contributed by atoms with van der Waals surface area (Å²) < 4.78 is 1.15. The largest absolute Gasteiger partial charge is 0.393 e. The third-order valence-electron chi connectivity index (χ3n) is 1.41. The fraction of sp³-hybridized carbons (Fsp3) is 1.00. The van der Waals surface area contributed by atoms with Crippen LogP contribution in [0.4, 0.5) is 0 Å². The van der Waals surface area contributed by atoms with Gasteiger partial charge in [-0.25, -0.2) is 0 Å². The van der Waals surface area contributed by atoms with Gasteiger partial charge in [0.2, 0.25) is 0 Å². The first-order valence-corrected chi connectivity index (χ1v) is 4.97. The average molecular weight is 242 g/mol. The number of rotatable bonds is 4. The predicted octanol–water partition coefficient (Wildman–Crippen LogP) is 2.22. The van der Waals surface area contributed by atoms with Crippen LogP contribution in [-0.2, 0) is 0 Å². The summed E-state index contributed by atoms with van der Waals surface area (Å²) in [5.74, 6) is 0.667. The van der Waals surface area contributed by atoms with Crippen molar-refractivity contribution in [3.8, 4) is 0 Å². The van der Waals surface area contributed by atoms with Crippen molar-refractivity contribution < 1.29 is 5.11 Å². The van der Waals surface area contributed by atoms with Crippen LogP contribution in [0.25, 0.3) is 0 Å². The predicted molar refractivity (Wildman–Crippen MR) is 49.0 cm³/mol. The lowest BCUT2D eigenvalue weighted by atomic mass is 10.0. The molecular weight excluding hydrogens is 227 g/mol. The Morgan fingerprint density at radius 3 is 2.44 bits per heavy atom. The number of halogens is 1. The highest BCUT2D eigenvalue weighted by molar-refractivity contribution is 14.1. The monoisotopic (exact) mass is 242 g/mol. The van der Waals surface area contributed by atoms with E-state index in [4.69, 9.17) is 5.11 Å². The molecule has 0 rings (SSSR count). The van der Waals surface area contributed by atoms with Crippen LogP contribution in [0.15, 0.2) is 0 Å². The van der Waals surface area contributed by atoms with Crippen LogP contribution in [0.3, 0.4) is 0 Å². The van der Waals surface area contributed by atoms with Gasteiger partial charge in [0, 0.05) is 4.43 Å². The molecule has 1 nitrogen and oxygen atoms in total. The van der Waals surface area contributed by atoms with Crippen molar-refractivity contribution in [2.24, 2.45) is 5.92 Å². The molecule has 56 valence electrons. The van der Waals surface area contributed by atoms with E-state index in [1.165, 1.54) is 0 Å². The third-order valence-corrected chi connectivity index (χ3v) is 2.91. The lowest BCUT2D eigenvalue weighted by Crippen LogP contribution is -2.10. The molecule has 0 aromatic heterocycles. The molecule has 0 aromatic carbocycles. The van der Waals surface area contributed by atoms with Gasteiger partial charge in [0.15, 0.2) is 0 Å². The van der Waals surface area contributed by atoms with Crippen LogP contribution in [0.2, 0.25) is 0 Å². The zero-order chi connectivity index (χ0) is 7.28. The van der Waals surface area contributed by atoms with Gasteiger partial charge in [-0.3, -0.25) is 0 Å². The molecule has 1 N–H and O–H groups in total. The maximum atomic E-state index is 9.16. The van der Waals surface area contributed by atoms with Crippen LogP contribution < -0.4 is 0 Å². The molecule has 9 heavy (non-hydrogen) atoms. The Kier molecular flexibility index (Phi) is 5.89. The molecule has 0 heterocycles. The van der Waals surface area contributed by atoms with Gasteiger partial charge in [-0.2, -0.15) is 0 Å². The van der Waals surface area contributed by atoms with Gasteiger partial charge >= 0.3 is 0 Å². The summed E-state index contributed by atoms with van der Waals surface area (Å²) in [7, 11) is 0. The maximum Gasteiger partial charge on any atom is 0.0540 e. The summed E-state index contributed by atoms with van der Waals surface area (Å²) in [5.41, 5.74) is 0. The van der Waals surface area contributed by atoms with E-state index in [1.54, 1.807) is 0 Å². The minimum absolute atomic E-state index is 0.0743. The summed E-state index contributed by atoms with van der Waals surface area (Å²) in [6.45, 7) is 4.19. The van der Waals surface area contributed by atoms with Gasteiger partial charge < -0.3 is 5.11 Å². The minimum atomic E-state index is -0.0743. The topological polar surface area (TPSA) is 20.2 Å². The number of aliphatic hydroxyl groups is 1. The number of aliphatic hydroxyl groups excluding tert-OH is 1. The highest BCUT2D eigenvalue weighted by atomic mass is 127. The summed E-state index contributed by atoms with van der Waals surface area (Å²) in [4.78, 5) is 0. The van der Waals surface area contributed by atoms with Crippen molar-refractivity contribution in [1.82, 2.24) is 0 Å². The minimum Gasteiger partial charge on any atom is -0.393 e. The molecule has 0 radical (unpaired) electrons. The maximum absolute atomic E-state index is 9.16. The van der Waals surface area contributed by atoms with E-state index < -0.39 is 0 Å². The Balaban J connectivity index is 3.22. The van der Waals surface area contributed by atoms with Gasteiger partial charge in [-0.15, -0.1) is 0 Å². The Morgan fingerprint density at radius 1 is 1.56 bits per heavy atom. The molecular formula is C7H15IO. The second-order valence-electron chi connectivity index (χ2n) is 2.56. The van der Waals surface area contributed by atoms with Gasteiger partial charge in [-0.05, 0) is 18.8 Å². The van der Waals surface area contributed by atoms with Gasteiger partial charge in [0.1, 0.15) is 0 Å². The van der Waals surface area contributed by atoms with E-state index in [0.717, 1.165) is 17.3 Å². The van der Waals surface area contributed by atoms with E-state index in [9.17, 15) is 0 Å². The van der Waals surface area contributed by atoms with Crippen molar-refractivity contribution >= 4 is 22.6 Å². The van der Waals surface area contributed by atoms with E-state index in [1.807, 2.05) is 6.92 Å². The Labute approximate surface area is 71.0 Å². The van der Waals surface area contributed by atoms with Crippen LogP contribution in [-0.4, -0.2) is 15.6 Å². The summed E-state index contributed by atoms with van der Waals surface area (Å²) in [6, 6.07) is 0. The van der Waals surface area contributed by atoms with Crippen LogP contribution >= 0.6 is 22.6 Å². The van der Waals surface area contributed by atoms with Crippen molar-refractivity contribution in [2.45, 2.75) is 32.8 Å². The van der Waals surface area contributed by atoms with Crippen molar-refractivity contribution in [3.05, 3.63) is 0 Å². The quantitative estimate of drug-likeness (QED) is 0.592. The van der Waals surface area contributed by atoms with Crippen molar-refractivity contribution in [1.29, 1.82) is 0 Å². The van der Waals surface area contributed by atoms with Gasteiger partial charge in [0.05, 0.1) is 6.10 Å². The molecule has 2 unspecified atom stereocenters. The van der Waals surface area contributed by atoms with Crippen LogP contribution in [0.5, 0.6) is 0 Å². The zero-order valence-corrected chi connectivity index (χ0v) is 8.26. The first-order valence-electron chi connectivity index (χ1n) is 3.44. The Bertz CT molecular complexity index is 57.9. The molecule has 0 saturated heterocycles. The SMILES string of the molecule is CCC(O)CC(C)CI. The molecule has 0 aromatic rings. The fourth-order valence-electron chi connectivity index (χ4n) is 0.694. The lowest BCUT2D eigenvalue weighted by Gasteiger charge is -2.11. The highest BCUT2D eigenvalue weighted by Gasteiger charge is 2.05. The normalized spacial score (nSPS) is 17.3. The third kappa shape index (κ3) is 5.15. The molecule has 0 fully saturated rings. The first-order chi connectivity index (χ1) is 4.20. The second kappa shape index (κ2) is 5.47. The number of hydrogen-bond acceptors (Lipinski definition) is 1. The van der Waals surface area contributed by atoms with Crippen LogP contribution in [0.1, 0.15) is 26.7 Å². The smallest absolute Gasteiger partial charge is 0.0540 e. The molecule has 0 amide bonds. The average Bonchev–Trinajstić information content (AvgIpc) is 1.87. The number of alkyl halides is 1. The van der Waals surface area contributed by atoms with E-state index in [-0.39, 0.29) is 6.10 Å². The summed E-state index contributed by atoms with van der Waals surface area (Å²) in [6.07, 6.45) is 1.77. The van der Waals surface area contributed by atoms with Crippen molar-refractivity contribution in [3.63, 3.8) is 0 Å². The summed E-state index contributed by atoms with van der Waals surface area (Å²) >= 11 is 2.35. The van der Waals surface area contributed by atoms with E-state index in [2.05, 4.69) is 29.5 Å². The van der Waals surface area contributed by atoms with E-state index >= 15 is 0 Å². The molecule has 0 bridgehead atoms. The van der Waals surface area contributed by atoms with Crippen molar-refractivity contribution in [2.75, 3.05) is 4.43 Å². The zero-order valence-electron chi connectivity index (χ0n) is 6.10. The molecule has 2 heteroatoms. The molecule has 0 aliphatic rings. The molecule has 0 aliphatic carbocycles. The van der Waals surface area contributed by atoms with E-state index in [0.29, 0.717) is 5.92 Å². The fourth-order valence-corrected chi connectivity index (χ4v) is 1.05. The lowest BCUT2D eigenvalue weighted by molar-refractivity contribution is 0.146. The van der Waals surface area contributed by atoms with Crippen LogP contribution in [0, 0.1) is 5.92 Å². The Morgan fingerprint density at radius 2 is 2.11 bits per heavy atom. The van der Waals surface area contributed by atoms with Gasteiger partial charge in [-0.1, -0.05) is 36.4 Å². The molecule has 0 saturated carbocycles. The molecule has 2 atom stereocenters. The second-order valence-corrected chi connectivity index (χ2v) is 3.44. The molecule has 0 aliphatic heterocycles.